The number of halogens is 6. The van der Waals surface area contributed by atoms with E-state index in [0.717, 1.165) is 6.07 Å². The maximum Gasteiger partial charge on any atom is 0.425 e. The summed E-state index contributed by atoms with van der Waals surface area (Å²) < 4.78 is 59.2. The summed E-state index contributed by atoms with van der Waals surface area (Å²) in [5, 5.41) is 18.4. The summed E-state index contributed by atoms with van der Waals surface area (Å²) >= 11 is 11.4. The molecule has 178 valence electrons. The van der Waals surface area contributed by atoms with Gasteiger partial charge in [-0.15, -0.1) is 0 Å². The number of nitrogens with zero attached hydrogens (tertiary/aromatic N) is 1. The van der Waals surface area contributed by atoms with Crippen molar-refractivity contribution in [3.63, 3.8) is 0 Å². The first-order valence-corrected chi connectivity index (χ1v) is 9.87. The molecule has 0 saturated carbocycles. The van der Waals surface area contributed by atoms with Crippen LogP contribution in [0.3, 0.4) is 0 Å². The standard InChI is InChI=1S/C20H18Cl2F4N4O3/c1-8(27)17(18(22)28)30-19(32)11-5-13(23)10(6-16(11)33-9(2)20(24,25)26)14-4-3-12(21)15(7-31)29-14/h3-6,9,28,31H,7,27H2,1-2H3,(H,30,32)/b17-8-,28-18?/t9-/m0/s1. The van der Waals surface area contributed by atoms with E-state index in [0.29, 0.717) is 13.0 Å². The summed E-state index contributed by atoms with van der Waals surface area (Å²) in [6, 6.07) is 4.12. The lowest BCUT2D eigenvalue weighted by Crippen LogP contribution is -2.33. The van der Waals surface area contributed by atoms with Gasteiger partial charge in [0.1, 0.15) is 16.7 Å². The molecule has 1 aromatic heterocycles. The van der Waals surface area contributed by atoms with Gasteiger partial charge in [0.25, 0.3) is 5.91 Å². The van der Waals surface area contributed by atoms with Crippen LogP contribution in [-0.2, 0) is 6.61 Å². The molecule has 0 fully saturated rings. The van der Waals surface area contributed by atoms with Crippen LogP contribution in [0.15, 0.2) is 35.7 Å². The molecule has 0 saturated heterocycles. The Labute approximate surface area is 195 Å². The number of carbonyl (C=O) groups is 1. The van der Waals surface area contributed by atoms with Crippen LogP contribution in [0.25, 0.3) is 11.3 Å². The van der Waals surface area contributed by atoms with Gasteiger partial charge in [0.2, 0.25) is 0 Å². The van der Waals surface area contributed by atoms with Crippen LogP contribution in [0.2, 0.25) is 5.02 Å². The molecule has 0 bridgehead atoms. The van der Waals surface area contributed by atoms with Gasteiger partial charge in [0.15, 0.2) is 6.10 Å². The number of alkyl halides is 3. The minimum absolute atomic E-state index is 0.00957. The number of carbonyl (C=O) groups excluding carboxylic acids is 1. The summed E-state index contributed by atoms with van der Waals surface area (Å²) in [6.45, 7) is 1.46. The molecule has 0 spiro atoms. The van der Waals surface area contributed by atoms with Gasteiger partial charge < -0.3 is 20.9 Å². The van der Waals surface area contributed by atoms with Gasteiger partial charge in [0.05, 0.1) is 34.3 Å². The summed E-state index contributed by atoms with van der Waals surface area (Å²) in [5.74, 6) is -2.76. The Morgan fingerprint density at radius 2 is 2.00 bits per heavy atom. The lowest BCUT2D eigenvalue weighted by molar-refractivity contribution is -0.189. The van der Waals surface area contributed by atoms with Crippen LogP contribution in [0.5, 0.6) is 5.75 Å². The number of aliphatic hydroxyl groups excluding tert-OH is 1. The fourth-order valence-corrected chi connectivity index (χ4v) is 2.90. The average Bonchev–Trinajstić information content (AvgIpc) is 2.72. The number of rotatable bonds is 7. The normalized spacial score (nSPS) is 13.2. The first-order valence-electron chi connectivity index (χ1n) is 9.11. The van der Waals surface area contributed by atoms with Crippen molar-refractivity contribution in [2.45, 2.75) is 32.7 Å². The van der Waals surface area contributed by atoms with Gasteiger partial charge in [-0.2, -0.15) is 13.2 Å². The van der Waals surface area contributed by atoms with Crippen molar-refractivity contribution in [3.8, 4) is 17.0 Å². The van der Waals surface area contributed by atoms with Crippen LogP contribution < -0.4 is 15.8 Å². The van der Waals surface area contributed by atoms with E-state index in [-0.39, 0.29) is 33.4 Å². The van der Waals surface area contributed by atoms with Crippen molar-refractivity contribution in [1.29, 1.82) is 5.41 Å². The molecule has 0 radical (unpaired) electrons. The summed E-state index contributed by atoms with van der Waals surface area (Å²) in [4.78, 5) is 16.7. The van der Waals surface area contributed by atoms with E-state index in [1.807, 2.05) is 0 Å². The number of aromatic nitrogens is 1. The van der Waals surface area contributed by atoms with Crippen LogP contribution in [0.1, 0.15) is 29.9 Å². The van der Waals surface area contributed by atoms with Crippen molar-refractivity contribution in [3.05, 3.63) is 57.8 Å². The minimum Gasteiger partial charge on any atom is -0.480 e. The maximum absolute atomic E-state index is 14.9. The molecular formula is C20H18Cl2F4N4O3. The number of nitrogens with two attached hydrogens (primary N) is 1. The highest BCUT2D eigenvalue weighted by Crippen LogP contribution is 2.34. The topological polar surface area (TPSA) is 121 Å². The highest BCUT2D eigenvalue weighted by Gasteiger charge is 2.39. The third-order valence-electron chi connectivity index (χ3n) is 4.28. The average molecular weight is 509 g/mol. The molecule has 1 heterocycles. The van der Waals surface area contributed by atoms with E-state index in [2.05, 4.69) is 10.3 Å². The quantitative estimate of drug-likeness (QED) is 0.324. The zero-order chi connectivity index (χ0) is 25.1. The SMILES string of the molecule is C/C(N)=C(/NC(=O)c1cc(F)c(-c2ccc(Cl)c(CO)n2)cc1O[C@@H](C)C(F)(F)F)C(=N)Cl. The Balaban J connectivity index is 2.64. The summed E-state index contributed by atoms with van der Waals surface area (Å²) in [5.41, 5.74) is 4.20. The second-order valence-corrected chi connectivity index (χ2v) is 7.52. The molecule has 1 atom stereocenters. The number of allylic oxidation sites excluding steroid dienone is 2. The fourth-order valence-electron chi connectivity index (χ4n) is 2.53. The van der Waals surface area contributed by atoms with Crippen LogP contribution in [-0.4, -0.2) is 33.4 Å². The molecule has 1 aromatic carbocycles. The lowest BCUT2D eigenvalue weighted by atomic mass is 10.0. The second kappa shape index (κ2) is 10.4. The Morgan fingerprint density at radius 3 is 2.52 bits per heavy atom. The van der Waals surface area contributed by atoms with Crippen LogP contribution in [0, 0.1) is 11.2 Å². The monoisotopic (exact) mass is 508 g/mol. The molecule has 0 aliphatic rings. The number of ether oxygens (including phenoxy) is 1. The van der Waals surface area contributed by atoms with Gasteiger partial charge in [-0.25, -0.2) is 9.37 Å². The Hall–Kier alpha value is -2.89. The van der Waals surface area contributed by atoms with Crippen molar-refractivity contribution in [2.24, 2.45) is 5.73 Å². The van der Waals surface area contributed by atoms with Crippen molar-refractivity contribution < 1.29 is 32.2 Å². The van der Waals surface area contributed by atoms with Crippen LogP contribution in [0.4, 0.5) is 17.6 Å². The molecule has 0 unspecified atom stereocenters. The van der Waals surface area contributed by atoms with Crippen LogP contribution >= 0.6 is 23.2 Å². The van der Waals surface area contributed by atoms with Crippen molar-refractivity contribution in [1.82, 2.24) is 10.3 Å². The van der Waals surface area contributed by atoms with Gasteiger partial charge >= 0.3 is 6.18 Å². The number of hydrogen-bond donors (Lipinski definition) is 4. The molecule has 33 heavy (non-hydrogen) atoms. The Bertz CT molecular complexity index is 1120. The summed E-state index contributed by atoms with van der Waals surface area (Å²) in [6.07, 6.45) is -7.15. The molecule has 0 aliphatic heterocycles. The Kier molecular flexibility index (Phi) is 8.28. The number of nitrogens with one attached hydrogen (secondary N) is 2. The number of benzene rings is 1. The molecular weight excluding hydrogens is 491 g/mol. The predicted octanol–water partition coefficient (Wildman–Crippen LogP) is 4.50. The van der Waals surface area contributed by atoms with Gasteiger partial charge in [-0.05, 0) is 38.1 Å². The predicted molar refractivity (Wildman–Crippen MR) is 115 cm³/mol. The molecule has 13 heteroatoms. The molecule has 2 aromatic rings. The highest BCUT2D eigenvalue weighted by atomic mass is 35.5. The van der Waals surface area contributed by atoms with E-state index < -0.39 is 47.1 Å². The van der Waals surface area contributed by atoms with Crippen molar-refractivity contribution in [2.75, 3.05) is 0 Å². The highest BCUT2D eigenvalue weighted by molar-refractivity contribution is 6.68. The zero-order valence-corrected chi connectivity index (χ0v) is 18.7. The smallest absolute Gasteiger partial charge is 0.425 e. The first-order chi connectivity index (χ1) is 15.3. The number of hydrogen-bond acceptors (Lipinski definition) is 6. The van der Waals surface area contributed by atoms with Crippen molar-refractivity contribution >= 4 is 34.3 Å². The third-order valence-corrected chi connectivity index (χ3v) is 4.81. The fraction of sp³-hybridized carbons (Fsp3) is 0.250. The zero-order valence-electron chi connectivity index (χ0n) is 17.1. The Morgan fingerprint density at radius 1 is 1.36 bits per heavy atom. The first kappa shape index (κ1) is 26.4. The lowest BCUT2D eigenvalue weighted by Gasteiger charge is -2.21. The maximum atomic E-state index is 14.9. The van der Waals surface area contributed by atoms with E-state index in [1.165, 1.54) is 19.1 Å². The largest absolute Gasteiger partial charge is 0.480 e. The van der Waals surface area contributed by atoms with Gasteiger partial charge in [0, 0.05) is 11.3 Å². The number of pyridine rings is 1. The van der Waals surface area contributed by atoms with E-state index in [1.54, 1.807) is 0 Å². The molecule has 1 amide bonds. The van der Waals surface area contributed by atoms with E-state index in [9.17, 15) is 27.5 Å². The number of amides is 1. The van der Waals surface area contributed by atoms with E-state index in [4.69, 9.17) is 39.1 Å². The van der Waals surface area contributed by atoms with Gasteiger partial charge in [-0.3, -0.25) is 10.2 Å². The minimum atomic E-state index is -4.79. The molecule has 0 aliphatic carbocycles. The second-order valence-electron chi connectivity index (χ2n) is 6.74. The van der Waals surface area contributed by atoms with Gasteiger partial charge in [-0.1, -0.05) is 23.2 Å². The molecule has 7 nitrogen and oxygen atoms in total. The molecule has 2 rings (SSSR count). The summed E-state index contributed by atoms with van der Waals surface area (Å²) in [7, 11) is 0. The molecule has 5 N–H and O–H groups in total. The van der Waals surface area contributed by atoms with E-state index >= 15 is 0 Å². The number of aliphatic hydroxyl groups is 1. The third kappa shape index (κ3) is 6.34.